The van der Waals surface area contributed by atoms with Gasteiger partial charge < -0.3 is 9.15 Å². The van der Waals surface area contributed by atoms with Crippen LogP contribution in [-0.2, 0) is 0 Å². The third-order valence-corrected chi connectivity index (χ3v) is 6.31. The Balaban J connectivity index is 1.68. The molecule has 0 spiro atoms. The maximum absolute atomic E-state index is 13.7. The van der Waals surface area contributed by atoms with E-state index in [4.69, 9.17) is 20.8 Å². The predicted octanol–water partition coefficient (Wildman–Crippen LogP) is 6.76. The normalized spacial score (nSPS) is 15.2. The summed E-state index contributed by atoms with van der Waals surface area (Å²) < 4.78 is 25.6. The van der Waals surface area contributed by atoms with Crippen LogP contribution in [0.5, 0.6) is 5.75 Å². The summed E-state index contributed by atoms with van der Waals surface area (Å²) in [5.74, 6) is 0.194. The standard InChI is InChI=1S/C28H23ClFNO4/c1-16(2)12-13-34-21-5-3-4-17(14-21)25-24-26(32)22-15-18(29)6-11-23(22)35-27(24)28(33)31(25)20-9-7-19(30)8-10-20/h3-11,14-16,25H,12-13H2,1-2H3. The molecule has 1 amide bonds. The fraction of sp³-hybridized carbons (Fsp3) is 0.214. The fourth-order valence-corrected chi connectivity index (χ4v) is 4.49. The molecule has 2 heterocycles. The number of anilines is 1. The summed E-state index contributed by atoms with van der Waals surface area (Å²) in [5.41, 5.74) is 1.28. The van der Waals surface area contributed by atoms with Crippen LogP contribution < -0.4 is 15.1 Å². The lowest BCUT2D eigenvalue weighted by molar-refractivity contribution is 0.0971. The van der Waals surface area contributed by atoms with Gasteiger partial charge in [-0.05, 0) is 72.5 Å². The molecule has 4 aromatic rings. The molecular weight excluding hydrogens is 469 g/mol. The summed E-state index contributed by atoms with van der Waals surface area (Å²) in [6.07, 6.45) is 0.896. The van der Waals surface area contributed by atoms with Gasteiger partial charge in [0.25, 0.3) is 5.91 Å². The molecule has 1 unspecified atom stereocenters. The van der Waals surface area contributed by atoms with Crippen LogP contribution in [0.2, 0.25) is 5.02 Å². The number of halogens is 2. The number of carbonyl (C=O) groups is 1. The fourth-order valence-electron chi connectivity index (χ4n) is 4.32. The van der Waals surface area contributed by atoms with Crippen molar-refractivity contribution in [3.63, 3.8) is 0 Å². The summed E-state index contributed by atoms with van der Waals surface area (Å²) in [7, 11) is 0. The number of hydrogen-bond donors (Lipinski definition) is 0. The first-order valence-electron chi connectivity index (χ1n) is 11.4. The molecule has 3 aromatic carbocycles. The zero-order chi connectivity index (χ0) is 24.7. The molecule has 1 aromatic heterocycles. The summed E-state index contributed by atoms with van der Waals surface area (Å²) in [6, 6.07) is 16.8. The predicted molar refractivity (Wildman–Crippen MR) is 134 cm³/mol. The average molecular weight is 492 g/mol. The summed E-state index contributed by atoms with van der Waals surface area (Å²) in [4.78, 5) is 28.7. The Morgan fingerprint density at radius 3 is 2.57 bits per heavy atom. The molecule has 7 heteroatoms. The molecule has 35 heavy (non-hydrogen) atoms. The first-order chi connectivity index (χ1) is 16.8. The van der Waals surface area contributed by atoms with Crippen molar-refractivity contribution in [1.82, 2.24) is 0 Å². The summed E-state index contributed by atoms with van der Waals surface area (Å²) in [5, 5.41) is 0.681. The van der Waals surface area contributed by atoms with Crippen molar-refractivity contribution >= 4 is 34.2 Å². The molecule has 1 atom stereocenters. The maximum Gasteiger partial charge on any atom is 0.295 e. The van der Waals surface area contributed by atoms with E-state index < -0.39 is 17.8 Å². The average Bonchev–Trinajstić information content (AvgIpc) is 3.13. The van der Waals surface area contributed by atoms with Gasteiger partial charge in [0.15, 0.2) is 5.43 Å². The van der Waals surface area contributed by atoms with E-state index in [0.29, 0.717) is 39.9 Å². The van der Waals surface area contributed by atoms with Crippen molar-refractivity contribution in [3.8, 4) is 5.75 Å². The van der Waals surface area contributed by atoms with Gasteiger partial charge in [0.2, 0.25) is 5.76 Å². The smallest absolute Gasteiger partial charge is 0.295 e. The lowest BCUT2D eigenvalue weighted by Gasteiger charge is -2.25. The van der Waals surface area contributed by atoms with Crippen LogP contribution in [0.15, 0.2) is 75.9 Å². The number of nitrogens with zero attached hydrogens (tertiary/aromatic N) is 1. The Bertz CT molecular complexity index is 1480. The second kappa shape index (κ2) is 9.19. The van der Waals surface area contributed by atoms with E-state index in [1.807, 2.05) is 24.3 Å². The zero-order valence-electron chi connectivity index (χ0n) is 19.3. The molecule has 0 bridgehead atoms. The maximum atomic E-state index is 13.7. The molecule has 0 fully saturated rings. The highest BCUT2D eigenvalue weighted by Gasteiger charge is 2.43. The molecule has 1 aliphatic rings. The largest absolute Gasteiger partial charge is 0.494 e. The van der Waals surface area contributed by atoms with Crippen LogP contribution in [0, 0.1) is 11.7 Å². The minimum atomic E-state index is -0.781. The number of ether oxygens (including phenoxy) is 1. The van der Waals surface area contributed by atoms with E-state index in [2.05, 4.69) is 13.8 Å². The molecule has 5 nitrogen and oxygen atoms in total. The van der Waals surface area contributed by atoms with E-state index in [0.717, 1.165) is 6.42 Å². The molecule has 0 N–H and O–H groups in total. The molecule has 0 saturated carbocycles. The molecule has 5 rings (SSSR count). The van der Waals surface area contributed by atoms with E-state index in [9.17, 15) is 14.0 Å². The molecule has 0 saturated heterocycles. The SMILES string of the molecule is CC(C)CCOc1cccc(C2c3c(oc4ccc(Cl)cc4c3=O)C(=O)N2c2ccc(F)cc2)c1. The zero-order valence-corrected chi connectivity index (χ0v) is 20.0. The first kappa shape index (κ1) is 23.1. The molecule has 178 valence electrons. The van der Waals surface area contributed by atoms with Gasteiger partial charge in [0, 0.05) is 10.7 Å². The number of fused-ring (bicyclic) bond motifs is 2. The Kier molecular flexibility index (Phi) is 6.07. The lowest BCUT2D eigenvalue weighted by Crippen LogP contribution is -2.29. The van der Waals surface area contributed by atoms with Gasteiger partial charge in [0.1, 0.15) is 17.1 Å². The van der Waals surface area contributed by atoms with Gasteiger partial charge in [-0.1, -0.05) is 37.6 Å². The number of benzene rings is 3. The van der Waals surface area contributed by atoms with E-state index >= 15 is 0 Å². The van der Waals surface area contributed by atoms with Gasteiger partial charge in [-0.3, -0.25) is 14.5 Å². The van der Waals surface area contributed by atoms with Crippen LogP contribution in [0.4, 0.5) is 10.1 Å². The summed E-state index contributed by atoms with van der Waals surface area (Å²) >= 11 is 6.14. The van der Waals surface area contributed by atoms with Gasteiger partial charge in [-0.2, -0.15) is 0 Å². The van der Waals surface area contributed by atoms with Gasteiger partial charge in [0.05, 0.1) is 23.6 Å². The van der Waals surface area contributed by atoms with Crippen molar-refractivity contribution < 1.29 is 18.3 Å². The van der Waals surface area contributed by atoms with E-state index in [1.165, 1.54) is 35.2 Å². The number of carbonyl (C=O) groups excluding carboxylic acids is 1. The highest BCUT2D eigenvalue weighted by atomic mass is 35.5. The van der Waals surface area contributed by atoms with Crippen LogP contribution in [0.25, 0.3) is 11.0 Å². The second-order valence-corrected chi connectivity index (χ2v) is 9.41. The topological polar surface area (TPSA) is 59.8 Å². The highest BCUT2D eigenvalue weighted by molar-refractivity contribution is 6.31. The van der Waals surface area contributed by atoms with Gasteiger partial charge in [-0.25, -0.2) is 4.39 Å². The van der Waals surface area contributed by atoms with E-state index in [-0.39, 0.29) is 22.3 Å². The Hall–Kier alpha value is -3.64. The van der Waals surface area contributed by atoms with Crippen LogP contribution in [0.1, 0.15) is 48.0 Å². The molecule has 0 aliphatic carbocycles. The third kappa shape index (κ3) is 4.30. The molecule has 1 aliphatic heterocycles. The van der Waals surface area contributed by atoms with E-state index in [1.54, 1.807) is 12.1 Å². The second-order valence-electron chi connectivity index (χ2n) is 8.97. The Morgan fingerprint density at radius 1 is 1.06 bits per heavy atom. The number of hydrogen-bond acceptors (Lipinski definition) is 4. The van der Waals surface area contributed by atoms with Crippen molar-refractivity contribution in [2.24, 2.45) is 5.92 Å². The summed E-state index contributed by atoms with van der Waals surface area (Å²) in [6.45, 7) is 4.79. The molecule has 0 radical (unpaired) electrons. The molecular formula is C28H23ClFNO4. The third-order valence-electron chi connectivity index (χ3n) is 6.07. The lowest BCUT2D eigenvalue weighted by atomic mass is 9.98. The monoisotopic (exact) mass is 491 g/mol. The minimum absolute atomic E-state index is 0.0368. The van der Waals surface area contributed by atoms with Crippen molar-refractivity contribution in [1.29, 1.82) is 0 Å². The Labute approximate surface area is 206 Å². The van der Waals surface area contributed by atoms with Crippen LogP contribution >= 0.6 is 11.6 Å². The quantitative estimate of drug-likeness (QED) is 0.299. The van der Waals surface area contributed by atoms with Gasteiger partial charge >= 0.3 is 0 Å². The number of amides is 1. The first-order valence-corrected chi connectivity index (χ1v) is 11.8. The van der Waals surface area contributed by atoms with Crippen molar-refractivity contribution in [3.05, 3.63) is 105 Å². The minimum Gasteiger partial charge on any atom is -0.494 e. The van der Waals surface area contributed by atoms with Crippen LogP contribution in [-0.4, -0.2) is 12.5 Å². The Morgan fingerprint density at radius 2 is 1.83 bits per heavy atom. The van der Waals surface area contributed by atoms with Crippen LogP contribution in [0.3, 0.4) is 0 Å². The van der Waals surface area contributed by atoms with Crippen molar-refractivity contribution in [2.45, 2.75) is 26.3 Å². The highest BCUT2D eigenvalue weighted by Crippen LogP contribution is 2.42. The van der Waals surface area contributed by atoms with Gasteiger partial charge in [-0.15, -0.1) is 0 Å². The van der Waals surface area contributed by atoms with Crippen molar-refractivity contribution in [2.75, 3.05) is 11.5 Å². The number of rotatable bonds is 6.